The van der Waals surface area contributed by atoms with E-state index in [1.807, 2.05) is 0 Å². The van der Waals surface area contributed by atoms with Gasteiger partial charge in [-0.3, -0.25) is 0 Å². The summed E-state index contributed by atoms with van der Waals surface area (Å²) in [6, 6.07) is 4.59. The van der Waals surface area contributed by atoms with Crippen LogP contribution < -0.4 is 10.5 Å². The van der Waals surface area contributed by atoms with Gasteiger partial charge in [0.05, 0.1) is 6.10 Å². The van der Waals surface area contributed by atoms with Crippen molar-refractivity contribution >= 4 is 5.69 Å². The Bertz CT molecular complexity index is 393. The molecule has 0 heterocycles. The zero-order chi connectivity index (χ0) is 12.5. The summed E-state index contributed by atoms with van der Waals surface area (Å²) in [5.74, 6) is -0.0428. The normalized spacial score (nSPS) is 20.2. The van der Waals surface area contributed by atoms with Gasteiger partial charge in [-0.25, -0.2) is 4.39 Å². The van der Waals surface area contributed by atoms with Crippen molar-refractivity contribution in [3.8, 4) is 5.75 Å². The molecular weight excluding hydrogens is 217 g/mol. The van der Waals surface area contributed by atoms with Crippen molar-refractivity contribution in [2.24, 2.45) is 5.41 Å². The van der Waals surface area contributed by atoms with E-state index >= 15 is 0 Å². The van der Waals surface area contributed by atoms with Crippen LogP contribution in [0.4, 0.5) is 10.1 Å². The molecule has 2 nitrogen and oxygen atoms in total. The third kappa shape index (κ3) is 3.11. The van der Waals surface area contributed by atoms with E-state index in [0.29, 0.717) is 16.9 Å². The second kappa shape index (κ2) is 4.55. The summed E-state index contributed by atoms with van der Waals surface area (Å²) in [6.07, 6.45) is 4.40. The SMILES string of the molecule is CC1(C)CCC(Oc2ccc(N)cc2F)CC1. The lowest BCUT2D eigenvalue weighted by atomic mass is 9.76. The smallest absolute Gasteiger partial charge is 0.167 e. The van der Waals surface area contributed by atoms with Gasteiger partial charge in [0.1, 0.15) is 0 Å². The van der Waals surface area contributed by atoms with Crippen LogP contribution in [0.3, 0.4) is 0 Å². The number of ether oxygens (including phenoxy) is 1. The molecule has 1 saturated carbocycles. The standard InChI is InChI=1S/C14H20FNO/c1-14(2)7-5-11(6-8-14)17-13-4-3-10(16)9-12(13)15/h3-4,9,11H,5-8,16H2,1-2H3. The fraction of sp³-hybridized carbons (Fsp3) is 0.571. The van der Waals surface area contributed by atoms with Crippen LogP contribution >= 0.6 is 0 Å². The fourth-order valence-electron chi connectivity index (χ4n) is 2.28. The summed E-state index contributed by atoms with van der Waals surface area (Å²) in [5.41, 5.74) is 6.33. The molecule has 0 bridgehead atoms. The number of hydrogen-bond acceptors (Lipinski definition) is 2. The lowest BCUT2D eigenvalue weighted by Gasteiger charge is -2.34. The number of halogens is 1. The average molecular weight is 237 g/mol. The molecule has 1 aromatic rings. The van der Waals surface area contributed by atoms with Crippen molar-refractivity contribution in [2.45, 2.75) is 45.6 Å². The molecule has 0 atom stereocenters. The van der Waals surface area contributed by atoms with Gasteiger partial charge < -0.3 is 10.5 Å². The molecule has 1 aromatic carbocycles. The predicted molar refractivity (Wildman–Crippen MR) is 67.5 cm³/mol. The van der Waals surface area contributed by atoms with Crippen LogP contribution in [0.25, 0.3) is 0 Å². The highest BCUT2D eigenvalue weighted by atomic mass is 19.1. The molecule has 0 radical (unpaired) electrons. The molecule has 0 unspecified atom stereocenters. The molecular formula is C14H20FNO. The molecule has 2 rings (SSSR count). The Morgan fingerprint density at radius 2 is 1.94 bits per heavy atom. The Kier molecular flexibility index (Phi) is 3.27. The van der Waals surface area contributed by atoms with Gasteiger partial charge in [0.15, 0.2) is 11.6 Å². The van der Waals surface area contributed by atoms with Crippen LogP contribution in [0, 0.1) is 11.2 Å². The Morgan fingerprint density at radius 1 is 1.29 bits per heavy atom. The van der Waals surface area contributed by atoms with Gasteiger partial charge in [-0.2, -0.15) is 0 Å². The first-order chi connectivity index (χ1) is 7.96. The van der Waals surface area contributed by atoms with Gasteiger partial charge in [0.25, 0.3) is 0 Å². The van der Waals surface area contributed by atoms with Gasteiger partial charge in [-0.1, -0.05) is 13.8 Å². The van der Waals surface area contributed by atoms with Crippen LogP contribution in [0.1, 0.15) is 39.5 Å². The van der Waals surface area contributed by atoms with Gasteiger partial charge in [0, 0.05) is 11.8 Å². The first-order valence-corrected chi connectivity index (χ1v) is 6.18. The van der Waals surface area contributed by atoms with Gasteiger partial charge in [0.2, 0.25) is 0 Å². The van der Waals surface area contributed by atoms with Crippen LogP contribution in [0.5, 0.6) is 5.75 Å². The summed E-state index contributed by atoms with van der Waals surface area (Å²) in [4.78, 5) is 0. The Hall–Kier alpha value is -1.25. The van der Waals surface area contributed by atoms with E-state index in [4.69, 9.17) is 10.5 Å². The maximum absolute atomic E-state index is 13.6. The molecule has 1 fully saturated rings. The van der Waals surface area contributed by atoms with Gasteiger partial charge >= 0.3 is 0 Å². The van der Waals surface area contributed by atoms with Crippen LogP contribution in [-0.2, 0) is 0 Å². The fourth-order valence-corrected chi connectivity index (χ4v) is 2.28. The van der Waals surface area contributed by atoms with E-state index < -0.39 is 0 Å². The molecule has 1 aliphatic carbocycles. The highest BCUT2D eigenvalue weighted by Gasteiger charge is 2.28. The van der Waals surface area contributed by atoms with E-state index in [9.17, 15) is 4.39 Å². The third-order valence-electron chi connectivity index (χ3n) is 3.54. The van der Waals surface area contributed by atoms with Crippen molar-refractivity contribution in [3.63, 3.8) is 0 Å². The Morgan fingerprint density at radius 3 is 2.53 bits per heavy atom. The minimum absolute atomic E-state index is 0.140. The molecule has 0 aliphatic heterocycles. The topological polar surface area (TPSA) is 35.2 Å². The lowest BCUT2D eigenvalue weighted by molar-refractivity contribution is 0.0953. The molecule has 94 valence electrons. The molecule has 1 aliphatic rings. The molecule has 0 aromatic heterocycles. The number of anilines is 1. The highest BCUT2D eigenvalue weighted by Crippen LogP contribution is 2.36. The van der Waals surface area contributed by atoms with Crippen molar-refractivity contribution < 1.29 is 9.13 Å². The summed E-state index contributed by atoms with van der Waals surface area (Å²) in [7, 11) is 0. The molecule has 0 spiro atoms. The average Bonchev–Trinajstić information content (AvgIpc) is 2.25. The first kappa shape index (κ1) is 12.2. The quantitative estimate of drug-likeness (QED) is 0.795. The summed E-state index contributed by atoms with van der Waals surface area (Å²) in [6.45, 7) is 4.54. The Labute approximate surface area is 102 Å². The van der Waals surface area contributed by atoms with Crippen molar-refractivity contribution in [1.29, 1.82) is 0 Å². The Balaban J connectivity index is 1.98. The van der Waals surface area contributed by atoms with Crippen molar-refractivity contribution in [1.82, 2.24) is 0 Å². The van der Waals surface area contributed by atoms with E-state index in [2.05, 4.69) is 13.8 Å². The third-order valence-corrected chi connectivity index (χ3v) is 3.54. The van der Waals surface area contributed by atoms with E-state index in [-0.39, 0.29) is 11.9 Å². The van der Waals surface area contributed by atoms with Crippen molar-refractivity contribution in [2.75, 3.05) is 5.73 Å². The zero-order valence-electron chi connectivity index (χ0n) is 10.5. The molecule has 17 heavy (non-hydrogen) atoms. The summed E-state index contributed by atoms with van der Waals surface area (Å²) in [5, 5.41) is 0. The van der Waals surface area contributed by atoms with Crippen LogP contribution in [-0.4, -0.2) is 6.10 Å². The zero-order valence-corrected chi connectivity index (χ0v) is 10.5. The minimum Gasteiger partial charge on any atom is -0.487 e. The van der Waals surface area contributed by atoms with Gasteiger partial charge in [-0.05, 0) is 43.2 Å². The van der Waals surface area contributed by atoms with E-state index in [0.717, 1.165) is 25.7 Å². The second-order valence-electron chi connectivity index (χ2n) is 5.67. The van der Waals surface area contributed by atoms with Crippen LogP contribution in [0.2, 0.25) is 0 Å². The monoisotopic (exact) mass is 237 g/mol. The maximum atomic E-state index is 13.6. The maximum Gasteiger partial charge on any atom is 0.167 e. The highest BCUT2D eigenvalue weighted by molar-refractivity contribution is 5.42. The summed E-state index contributed by atoms with van der Waals surface area (Å²) >= 11 is 0. The summed E-state index contributed by atoms with van der Waals surface area (Å²) < 4.78 is 19.3. The molecule has 2 N–H and O–H groups in total. The molecule has 0 amide bonds. The van der Waals surface area contributed by atoms with E-state index in [1.165, 1.54) is 6.07 Å². The number of rotatable bonds is 2. The number of nitrogen functional groups attached to an aromatic ring is 1. The van der Waals surface area contributed by atoms with Crippen LogP contribution in [0.15, 0.2) is 18.2 Å². The number of hydrogen-bond donors (Lipinski definition) is 1. The first-order valence-electron chi connectivity index (χ1n) is 6.18. The predicted octanol–water partition coefficient (Wildman–Crippen LogP) is 3.76. The van der Waals surface area contributed by atoms with Crippen molar-refractivity contribution in [3.05, 3.63) is 24.0 Å². The molecule has 0 saturated heterocycles. The molecule has 3 heteroatoms. The largest absolute Gasteiger partial charge is 0.487 e. The lowest BCUT2D eigenvalue weighted by Crippen LogP contribution is -2.28. The second-order valence-corrected chi connectivity index (χ2v) is 5.67. The minimum atomic E-state index is -0.366. The number of benzene rings is 1. The number of nitrogens with two attached hydrogens (primary N) is 1. The van der Waals surface area contributed by atoms with E-state index in [1.54, 1.807) is 12.1 Å². The van der Waals surface area contributed by atoms with Gasteiger partial charge in [-0.15, -0.1) is 0 Å².